The number of aryl methyl sites for hydroxylation is 1. The quantitative estimate of drug-likeness (QED) is 0.462. The molecule has 0 aliphatic heterocycles. The van der Waals surface area contributed by atoms with E-state index >= 15 is 0 Å². The van der Waals surface area contributed by atoms with Crippen molar-refractivity contribution in [3.05, 3.63) is 65.3 Å². The van der Waals surface area contributed by atoms with Crippen molar-refractivity contribution in [3.63, 3.8) is 0 Å². The van der Waals surface area contributed by atoms with Gasteiger partial charge < -0.3 is 5.11 Å². The van der Waals surface area contributed by atoms with Crippen LogP contribution in [-0.2, 0) is 7.05 Å². The molecule has 1 aliphatic carbocycles. The normalized spacial score (nSPS) is 19.2. The minimum absolute atomic E-state index is 0.0485. The highest BCUT2D eigenvalue weighted by atomic mass is 16.3. The molecule has 0 unspecified atom stereocenters. The number of fused-ring (bicyclic) bond motifs is 4. The van der Waals surface area contributed by atoms with Crippen LogP contribution in [-0.4, -0.2) is 35.3 Å². The molecule has 1 aliphatic rings. The summed E-state index contributed by atoms with van der Waals surface area (Å²) in [7, 11) is 1.78. The van der Waals surface area contributed by atoms with Crippen LogP contribution in [0.3, 0.4) is 0 Å². The second-order valence-electron chi connectivity index (χ2n) is 8.61. The lowest BCUT2D eigenvalue weighted by molar-refractivity contribution is 0.111. The zero-order chi connectivity index (χ0) is 21.8. The lowest BCUT2D eigenvalue weighted by Crippen LogP contribution is -2.29. The lowest BCUT2D eigenvalue weighted by Gasteiger charge is -2.26. The van der Waals surface area contributed by atoms with E-state index in [9.17, 15) is 9.90 Å². The van der Waals surface area contributed by atoms with E-state index in [2.05, 4.69) is 9.97 Å². The Hall–Kier alpha value is -3.58. The summed E-state index contributed by atoms with van der Waals surface area (Å²) in [6.45, 7) is 0. The molecule has 1 saturated carbocycles. The van der Waals surface area contributed by atoms with Gasteiger partial charge in [-0.25, -0.2) is 9.78 Å². The van der Waals surface area contributed by atoms with E-state index in [-0.39, 0.29) is 17.8 Å². The third-order valence-electron chi connectivity index (χ3n) is 6.72. The summed E-state index contributed by atoms with van der Waals surface area (Å²) < 4.78 is 3.54. The number of hydrogen-bond acceptors (Lipinski definition) is 5. The standard InChI is InChI=1S/C25H23N5O2/c1-29-22-14-27-21-12-11-20(18-4-2-6-19-17(18)5-3-13-26-19)28-23(21)24(22)30(25(29)32)15-7-9-16(31)10-8-15/h2-6,11-16,31H,7-10H2,1H3/t15-,16-. The zero-order valence-electron chi connectivity index (χ0n) is 17.8. The first kappa shape index (κ1) is 19.1. The molecule has 32 heavy (non-hydrogen) atoms. The van der Waals surface area contributed by atoms with E-state index in [0.29, 0.717) is 12.8 Å². The molecule has 0 radical (unpaired) electrons. The second kappa shape index (κ2) is 7.24. The molecular formula is C25H23N5O2. The molecule has 4 heterocycles. The highest BCUT2D eigenvalue weighted by molar-refractivity contribution is 6.02. The van der Waals surface area contributed by atoms with E-state index in [0.717, 1.165) is 57.1 Å². The highest BCUT2D eigenvalue weighted by Crippen LogP contribution is 2.33. The van der Waals surface area contributed by atoms with E-state index in [1.54, 1.807) is 24.0 Å². The van der Waals surface area contributed by atoms with E-state index in [1.165, 1.54) is 0 Å². The first-order valence-electron chi connectivity index (χ1n) is 11.0. The number of aromatic nitrogens is 5. The van der Waals surface area contributed by atoms with Gasteiger partial charge in [0.25, 0.3) is 0 Å². The molecule has 6 rings (SSSR count). The Bertz CT molecular complexity index is 1540. The third-order valence-corrected chi connectivity index (χ3v) is 6.72. The summed E-state index contributed by atoms with van der Waals surface area (Å²) in [4.78, 5) is 27.3. The molecule has 0 amide bonds. The minimum atomic E-state index is -0.278. The van der Waals surface area contributed by atoms with Gasteiger partial charge in [-0.3, -0.25) is 19.1 Å². The molecular weight excluding hydrogens is 402 g/mol. The van der Waals surface area contributed by atoms with Crippen LogP contribution in [0.25, 0.3) is 44.2 Å². The summed E-state index contributed by atoms with van der Waals surface area (Å²) in [5.74, 6) is 0. The number of pyridine rings is 3. The molecule has 0 atom stereocenters. The smallest absolute Gasteiger partial charge is 0.329 e. The van der Waals surface area contributed by atoms with Crippen LogP contribution in [0.2, 0.25) is 0 Å². The maximum Gasteiger partial charge on any atom is 0.329 e. The van der Waals surface area contributed by atoms with Crippen LogP contribution in [0.5, 0.6) is 0 Å². The number of rotatable bonds is 2. The Morgan fingerprint density at radius 3 is 2.66 bits per heavy atom. The van der Waals surface area contributed by atoms with Gasteiger partial charge >= 0.3 is 5.69 Å². The SMILES string of the molecule is Cn1c(=O)n([C@H]2CC[C@H](O)CC2)c2c3nc(-c4cccc5ncccc45)ccc3ncc21. The fourth-order valence-corrected chi connectivity index (χ4v) is 5.02. The monoisotopic (exact) mass is 425 g/mol. The fraction of sp³-hybridized carbons (Fsp3) is 0.280. The van der Waals surface area contributed by atoms with Crippen molar-refractivity contribution in [2.24, 2.45) is 7.05 Å². The Kier molecular flexibility index (Phi) is 4.33. The lowest BCUT2D eigenvalue weighted by atomic mass is 9.93. The summed E-state index contributed by atoms with van der Waals surface area (Å²) >= 11 is 0. The van der Waals surface area contributed by atoms with Gasteiger partial charge in [0, 0.05) is 30.2 Å². The van der Waals surface area contributed by atoms with Crippen molar-refractivity contribution in [2.45, 2.75) is 37.8 Å². The molecule has 1 aromatic carbocycles. The molecule has 1 N–H and O–H groups in total. The maximum absolute atomic E-state index is 13.2. The number of aliphatic hydroxyl groups excluding tert-OH is 1. The van der Waals surface area contributed by atoms with Gasteiger partial charge in [-0.1, -0.05) is 18.2 Å². The Morgan fingerprint density at radius 2 is 1.81 bits per heavy atom. The largest absolute Gasteiger partial charge is 0.393 e. The number of imidazole rings is 1. The van der Waals surface area contributed by atoms with Gasteiger partial charge in [0.05, 0.1) is 40.1 Å². The summed E-state index contributed by atoms with van der Waals surface area (Å²) in [5, 5.41) is 11.0. The van der Waals surface area contributed by atoms with Crippen LogP contribution in [0.4, 0.5) is 0 Å². The summed E-state index contributed by atoms with van der Waals surface area (Å²) in [6, 6.07) is 14.0. The van der Waals surface area contributed by atoms with Gasteiger partial charge in [0.1, 0.15) is 5.52 Å². The van der Waals surface area contributed by atoms with Crippen molar-refractivity contribution < 1.29 is 5.11 Å². The van der Waals surface area contributed by atoms with Gasteiger partial charge in [0.15, 0.2) is 0 Å². The number of aliphatic hydroxyl groups is 1. The van der Waals surface area contributed by atoms with Crippen molar-refractivity contribution in [1.82, 2.24) is 24.1 Å². The maximum atomic E-state index is 13.2. The number of nitrogens with zero attached hydrogens (tertiary/aromatic N) is 5. The summed E-state index contributed by atoms with van der Waals surface area (Å²) in [5.41, 5.74) is 5.77. The zero-order valence-corrected chi connectivity index (χ0v) is 17.8. The minimum Gasteiger partial charge on any atom is -0.393 e. The number of hydrogen-bond donors (Lipinski definition) is 1. The van der Waals surface area contributed by atoms with E-state index in [1.807, 2.05) is 47.0 Å². The second-order valence-corrected chi connectivity index (χ2v) is 8.61. The van der Waals surface area contributed by atoms with Crippen molar-refractivity contribution in [2.75, 3.05) is 0 Å². The van der Waals surface area contributed by atoms with Crippen LogP contribution < -0.4 is 5.69 Å². The highest BCUT2D eigenvalue weighted by Gasteiger charge is 2.26. The van der Waals surface area contributed by atoms with Crippen LogP contribution in [0.15, 0.2) is 59.7 Å². The van der Waals surface area contributed by atoms with Gasteiger partial charge in [-0.05, 0) is 49.9 Å². The average Bonchev–Trinajstić information content (AvgIpc) is 3.09. The molecule has 7 nitrogen and oxygen atoms in total. The van der Waals surface area contributed by atoms with Gasteiger partial charge in [-0.2, -0.15) is 0 Å². The van der Waals surface area contributed by atoms with E-state index < -0.39 is 0 Å². The third kappa shape index (κ3) is 2.85. The fourth-order valence-electron chi connectivity index (χ4n) is 5.02. The van der Waals surface area contributed by atoms with Crippen molar-refractivity contribution >= 4 is 33.0 Å². The topological polar surface area (TPSA) is 85.8 Å². The van der Waals surface area contributed by atoms with Gasteiger partial charge in [-0.15, -0.1) is 0 Å². The Balaban J connectivity index is 1.63. The summed E-state index contributed by atoms with van der Waals surface area (Å²) in [6.07, 6.45) is 6.24. The molecule has 160 valence electrons. The Labute approximate surface area is 184 Å². The molecule has 4 aromatic heterocycles. The van der Waals surface area contributed by atoms with E-state index in [4.69, 9.17) is 4.98 Å². The molecule has 7 heteroatoms. The first-order valence-corrected chi connectivity index (χ1v) is 11.0. The van der Waals surface area contributed by atoms with Crippen molar-refractivity contribution in [1.29, 1.82) is 0 Å². The Morgan fingerprint density at radius 1 is 0.969 bits per heavy atom. The molecule has 0 bridgehead atoms. The molecule has 0 spiro atoms. The van der Waals surface area contributed by atoms with Crippen LogP contribution >= 0.6 is 0 Å². The first-order chi connectivity index (χ1) is 15.6. The van der Waals surface area contributed by atoms with Crippen LogP contribution in [0, 0.1) is 0 Å². The molecule has 0 saturated heterocycles. The predicted octanol–water partition coefficient (Wildman–Crippen LogP) is 3.97. The predicted molar refractivity (Wildman–Crippen MR) is 125 cm³/mol. The average molecular weight is 425 g/mol. The molecule has 1 fully saturated rings. The van der Waals surface area contributed by atoms with Crippen molar-refractivity contribution in [3.8, 4) is 11.3 Å². The van der Waals surface area contributed by atoms with Crippen LogP contribution in [0.1, 0.15) is 31.7 Å². The molecule has 5 aromatic rings. The van der Waals surface area contributed by atoms with Gasteiger partial charge in [0.2, 0.25) is 0 Å². The number of benzene rings is 1.